The van der Waals surface area contributed by atoms with Crippen molar-refractivity contribution in [2.75, 3.05) is 13.2 Å². The fourth-order valence-electron chi connectivity index (χ4n) is 1.97. The molecular formula is C15H21NO4. The van der Waals surface area contributed by atoms with Gasteiger partial charge in [0.15, 0.2) is 11.5 Å². The molecule has 2 N–H and O–H groups in total. The predicted octanol–water partition coefficient (Wildman–Crippen LogP) is 2.19. The van der Waals surface area contributed by atoms with E-state index in [1.165, 1.54) is 0 Å². The molecule has 0 radical (unpaired) electrons. The third-order valence-electron chi connectivity index (χ3n) is 2.80. The highest BCUT2D eigenvalue weighted by molar-refractivity contribution is 5.71. The summed E-state index contributed by atoms with van der Waals surface area (Å²) in [6.07, 6.45) is 0.136. The molecule has 5 nitrogen and oxygen atoms in total. The summed E-state index contributed by atoms with van der Waals surface area (Å²) in [7, 11) is 0. The summed E-state index contributed by atoms with van der Waals surface area (Å²) in [6, 6.07) is 5.07. The van der Waals surface area contributed by atoms with Gasteiger partial charge in [0.2, 0.25) is 0 Å². The first-order chi connectivity index (χ1) is 9.35. The first-order valence-corrected chi connectivity index (χ1v) is 6.72. The quantitative estimate of drug-likeness (QED) is 0.859. The molecule has 0 amide bonds. The van der Waals surface area contributed by atoms with Crippen LogP contribution in [-0.2, 0) is 9.53 Å². The van der Waals surface area contributed by atoms with Crippen molar-refractivity contribution in [2.45, 2.75) is 38.8 Å². The van der Waals surface area contributed by atoms with Gasteiger partial charge in [0.25, 0.3) is 0 Å². The highest BCUT2D eigenvalue weighted by atomic mass is 16.6. The van der Waals surface area contributed by atoms with Crippen LogP contribution in [0.4, 0.5) is 0 Å². The summed E-state index contributed by atoms with van der Waals surface area (Å²) < 4.78 is 16.2. The van der Waals surface area contributed by atoms with E-state index >= 15 is 0 Å². The highest BCUT2D eigenvalue weighted by Crippen LogP contribution is 2.32. The second-order valence-electron chi connectivity index (χ2n) is 5.80. The molecule has 1 aromatic rings. The maximum atomic E-state index is 11.8. The smallest absolute Gasteiger partial charge is 0.308 e. The lowest BCUT2D eigenvalue weighted by atomic mass is 10.0. The zero-order valence-electron chi connectivity index (χ0n) is 12.1. The van der Waals surface area contributed by atoms with Crippen LogP contribution in [0.1, 0.15) is 38.8 Å². The Bertz CT molecular complexity index is 493. The summed E-state index contributed by atoms with van der Waals surface area (Å²) in [5.41, 5.74) is 6.39. The van der Waals surface area contributed by atoms with Gasteiger partial charge < -0.3 is 19.9 Å². The van der Waals surface area contributed by atoms with Gasteiger partial charge in [0.05, 0.1) is 6.42 Å². The summed E-state index contributed by atoms with van der Waals surface area (Å²) in [5, 5.41) is 0. The van der Waals surface area contributed by atoms with Gasteiger partial charge in [-0.05, 0) is 38.5 Å². The third kappa shape index (κ3) is 3.87. The fourth-order valence-corrected chi connectivity index (χ4v) is 1.97. The topological polar surface area (TPSA) is 70.8 Å². The van der Waals surface area contributed by atoms with E-state index in [2.05, 4.69) is 0 Å². The van der Waals surface area contributed by atoms with Crippen LogP contribution in [0.3, 0.4) is 0 Å². The minimum absolute atomic E-state index is 0.136. The molecule has 110 valence electrons. The van der Waals surface area contributed by atoms with E-state index in [-0.39, 0.29) is 12.4 Å². The second kappa shape index (κ2) is 5.71. The standard InChI is InChI=1S/C15H21NO4/c1-15(2,3)20-14(17)9-11(16)10-4-5-12-13(8-10)19-7-6-18-12/h4-5,8,11H,6-7,9,16H2,1-3H3. The fraction of sp³-hybridized carbons (Fsp3) is 0.533. The van der Waals surface area contributed by atoms with Crippen LogP contribution in [0.5, 0.6) is 11.5 Å². The van der Waals surface area contributed by atoms with Gasteiger partial charge in [-0.25, -0.2) is 0 Å². The number of hydrogen-bond acceptors (Lipinski definition) is 5. The zero-order chi connectivity index (χ0) is 14.8. The monoisotopic (exact) mass is 279 g/mol. The highest BCUT2D eigenvalue weighted by Gasteiger charge is 2.21. The van der Waals surface area contributed by atoms with Crippen LogP contribution in [0.15, 0.2) is 18.2 Å². The molecule has 2 rings (SSSR count). The summed E-state index contributed by atoms with van der Waals surface area (Å²) in [4.78, 5) is 11.8. The van der Waals surface area contributed by atoms with Crippen molar-refractivity contribution in [3.63, 3.8) is 0 Å². The van der Waals surface area contributed by atoms with Gasteiger partial charge in [-0.3, -0.25) is 4.79 Å². The molecule has 1 atom stereocenters. The minimum atomic E-state index is -0.496. The Hall–Kier alpha value is -1.75. The van der Waals surface area contributed by atoms with Gasteiger partial charge in [0, 0.05) is 6.04 Å². The van der Waals surface area contributed by atoms with Crippen molar-refractivity contribution in [1.82, 2.24) is 0 Å². The predicted molar refractivity (Wildman–Crippen MR) is 74.8 cm³/mol. The van der Waals surface area contributed by atoms with E-state index < -0.39 is 11.6 Å². The lowest BCUT2D eigenvalue weighted by molar-refractivity contribution is -0.155. The largest absolute Gasteiger partial charge is 0.486 e. The number of carbonyl (C=O) groups excluding carboxylic acids is 1. The van der Waals surface area contributed by atoms with Crippen molar-refractivity contribution in [3.05, 3.63) is 23.8 Å². The third-order valence-corrected chi connectivity index (χ3v) is 2.80. The van der Waals surface area contributed by atoms with E-state index in [0.29, 0.717) is 24.7 Å². The molecule has 0 saturated carbocycles. The molecule has 1 aliphatic heterocycles. The molecule has 0 saturated heterocycles. The molecular weight excluding hydrogens is 258 g/mol. The number of fused-ring (bicyclic) bond motifs is 1. The number of ether oxygens (including phenoxy) is 3. The van der Waals surface area contributed by atoms with Crippen molar-refractivity contribution in [3.8, 4) is 11.5 Å². The normalized spacial score (nSPS) is 15.6. The molecule has 1 unspecified atom stereocenters. The number of hydrogen-bond donors (Lipinski definition) is 1. The van der Waals surface area contributed by atoms with Crippen LogP contribution < -0.4 is 15.2 Å². The van der Waals surface area contributed by atoms with Gasteiger partial charge in [-0.2, -0.15) is 0 Å². The lowest BCUT2D eigenvalue weighted by Gasteiger charge is -2.22. The van der Waals surface area contributed by atoms with E-state index in [4.69, 9.17) is 19.9 Å². The number of benzene rings is 1. The zero-order valence-corrected chi connectivity index (χ0v) is 12.1. The van der Waals surface area contributed by atoms with Crippen LogP contribution in [-0.4, -0.2) is 24.8 Å². The van der Waals surface area contributed by atoms with E-state index in [1.54, 1.807) is 0 Å². The van der Waals surface area contributed by atoms with Gasteiger partial charge in [-0.1, -0.05) is 6.07 Å². The molecule has 1 heterocycles. The molecule has 20 heavy (non-hydrogen) atoms. The Kier molecular flexibility index (Phi) is 4.18. The van der Waals surface area contributed by atoms with E-state index in [9.17, 15) is 4.79 Å². The first-order valence-electron chi connectivity index (χ1n) is 6.72. The van der Waals surface area contributed by atoms with Crippen LogP contribution >= 0.6 is 0 Å². The Labute approximate surface area is 119 Å². The number of rotatable bonds is 3. The molecule has 0 spiro atoms. The Balaban J connectivity index is 2.02. The number of esters is 1. The lowest BCUT2D eigenvalue weighted by Crippen LogP contribution is -2.26. The number of nitrogens with two attached hydrogens (primary N) is 1. The van der Waals surface area contributed by atoms with Crippen molar-refractivity contribution in [2.24, 2.45) is 5.73 Å². The van der Waals surface area contributed by atoms with E-state index in [0.717, 1.165) is 5.56 Å². The first kappa shape index (κ1) is 14.7. The van der Waals surface area contributed by atoms with Crippen molar-refractivity contribution >= 4 is 5.97 Å². The summed E-state index contributed by atoms with van der Waals surface area (Å²) in [6.45, 7) is 6.58. The molecule has 1 aromatic carbocycles. The second-order valence-corrected chi connectivity index (χ2v) is 5.80. The van der Waals surface area contributed by atoms with Gasteiger partial charge >= 0.3 is 5.97 Å². The SMILES string of the molecule is CC(C)(C)OC(=O)CC(N)c1ccc2c(c1)OCCO2. The molecule has 0 aromatic heterocycles. The molecule has 0 bridgehead atoms. The van der Waals surface area contributed by atoms with Crippen LogP contribution in [0.25, 0.3) is 0 Å². The molecule has 0 aliphatic carbocycles. The van der Waals surface area contributed by atoms with E-state index in [1.807, 2.05) is 39.0 Å². The average molecular weight is 279 g/mol. The van der Waals surface area contributed by atoms with Crippen LogP contribution in [0, 0.1) is 0 Å². The molecule has 0 fully saturated rings. The van der Waals surface area contributed by atoms with Gasteiger partial charge in [-0.15, -0.1) is 0 Å². The Morgan fingerprint density at radius 1 is 1.30 bits per heavy atom. The number of carbonyl (C=O) groups is 1. The van der Waals surface area contributed by atoms with Gasteiger partial charge in [0.1, 0.15) is 18.8 Å². The van der Waals surface area contributed by atoms with Crippen LogP contribution in [0.2, 0.25) is 0 Å². The Morgan fingerprint density at radius 3 is 2.60 bits per heavy atom. The Morgan fingerprint density at radius 2 is 1.95 bits per heavy atom. The summed E-state index contributed by atoms with van der Waals surface area (Å²) >= 11 is 0. The van der Waals surface area contributed by atoms with Crippen molar-refractivity contribution < 1.29 is 19.0 Å². The average Bonchev–Trinajstić information content (AvgIpc) is 2.35. The van der Waals surface area contributed by atoms with Crippen molar-refractivity contribution in [1.29, 1.82) is 0 Å². The summed E-state index contributed by atoms with van der Waals surface area (Å²) in [5.74, 6) is 1.08. The maximum Gasteiger partial charge on any atom is 0.308 e. The maximum absolute atomic E-state index is 11.8. The molecule has 1 aliphatic rings. The minimum Gasteiger partial charge on any atom is -0.486 e. The molecule has 5 heteroatoms.